The van der Waals surface area contributed by atoms with Gasteiger partial charge in [0.1, 0.15) is 17.4 Å². The number of ketones is 1. The van der Waals surface area contributed by atoms with Gasteiger partial charge in [0.2, 0.25) is 0 Å². The molecule has 0 amide bonds. The average molecular weight is 360 g/mol. The third-order valence-electron chi connectivity index (χ3n) is 2.81. The maximum Gasteiger partial charge on any atom is 0.145 e. The molecule has 1 nitrogen and oxygen atoms in total. The minimum Gasteiger partial charge on any atom is -0.299 e. The van der Waals surface area contributed by atoms with Crippen molar-refractivity contribution in [2.75, 3.05) is 0 Å². The highest BCUT2D eigenvalue weighted by Crippen LogP contribution is 2.21. The van der Waals surface area contributed by atoms with Crippen molar-refractivity contribution in [1.82, 2.24) is 0 Å². The fourth-order valence-electron chi connectivity index (χ4n) is 1.85. The zero-order valence-electron chi connectivity index (χ0n) is 10.3. The van der Waals surface area contributed by atoms with E-state index in [1.54, 1.807) is 6.07 Å². The molecule has 5 heteroatoms. The normalized spacial score (nSPS) is 10.6. The highest BCUT2D eigenvalue weighted by molar-refractivity contribution is 9.10. The first kappa shape index (κ1) is 15.1. The van der Waals surface area contributed by atoms with Crippen LogP contribution in [-0.2, 0) is 17.6 Å². The number of benzene rings is 2. The van der Waals surface area contributed by atoms with Crippen molar-refractivity contribution in [2.45, 2.75) is 12.8 Å². The Labute approximate surface area is 128 Å². The standard InChI is InChI=1S/C15H10BrClF2O/c16-13-5-4-11(18)6-10(13)8-12(20)7-9-2-1-3-14(17)15(9)19/h1-6H,7-8H2. The van der Waals surface area contributed by atoms with E-state index in [-0.39, 0.29) is 29.2 Å². The highest BCUT2D eigenvalue weighted by Gasteiger charge is 2.13. The fraction of sp³-hybridized carbons (Fsp3) is 0.133. The van der Waals surface area contributed by atoms with Gasteiger partial charge in [-0.3, -0.25) is 4.79 Å². The zero-order chi connectivity index (χ0) is 14.7. The highest BCUT2D eigenvalue weighted by atomic mass is 79.9. The van der Waals surface area contributed by atoms with Crippen LogP contribution in [0.3, 0.4) is 0 Å². The van der Waals surface area contributed by atoms with Crippen LogP contribution in [-0.4, -0.2) is 5.78 Å². The lowest BCUT2D eigenvalue weighted by atomic mass is 10.0. The van der Waals surface area contributed by atoms with Gasteiger partial charge in [0.15, 0.2) is 0 Å². The number of hydrogen-bond donors (Lipinski definition) is 0. The van der Waals surface area contributed by atoms with Gasteiger partial charge in [-0.2, -0.15) is 0 Å². The molecule has 2 rings (SSSR count). The van der Waals surface area contributed by atoms with Crippen LogP contribution in [0.5, 0.6) is 0 Å². The van der Waals surface area contributed by atoms with Gasteiger partial charge in [-0.05, 0) is 35.4 Å². The quantitative estimate of drug-likeness (QED) is 0.771. The number of halogens is 4. The molecule has 0 atom stereocenters. The molecule has 0 bridgehead atoms. The largest absolute Gasteiger partial charge is 0.299 e. The second-order valence-electron chi connectivity index (χ2n) is 4.34. The van der Waals surface area contributed by atoms with Crippen molar-refractivity contribution < 1.29 is 13.6 Å². The van der Waals surface area contributed by atoms with E-state index in [2.05, 4.69) is 15.9 Å². The molecule has 0 aromatic heterocycles. The third kappa shape index (κ3) is 3.64. The third-order valence-corrected chi connectivity index (χ3v) is 3.88. The Morgan fingerprint density at radius 3 is 2.55 bits per heavy atom. The van der Waals surface area contributed by atoms with Crippen LogP contribution < -0.4 is 0 Å². The van der Waals surface area contributed by atoms with Gasteiger partial charge in [-0.15, -0.1) is 0 Å². The predicted molar refractivity (Wildman–Crippen MR) is 77.9 cm³/mol. The van der Waals surface area contributed by atoms with E-state index < -0.39 is 11.6 Å². The first-order chi connectivity index (χ1) is 9.47. The van der Waals surface area contributed by atoms with Crippen molar-refractivity contribution >= 4 is 33.3 Å². The van der Waals surface area contributed by atoms with Crippen LogP contribution in [0.1, 0.15) is 11.1 Å². The number of rotatable bonds is 4. The lowest BCUT2D eigenvalue weighted by Crippen LogP contribution is -2.08. The van der Waals surface area contributed by atoms with Gasteiger partial charge >= 0.3 is 0 Å². The first-order valence-electron chi connectivity index (χ1n) is 5.86. The topological polar surface area (TPSA) is 17.1 Å². The predicted octanol–water partition coefficient (Wildman–Crippen LogP) is 4.74. The zero-order valence-corrected chi connectivity index (χ0v) is 12.6. The lowest BCUT2D eigenvalue weighted by molar-refractivity contribution is -0.117. The van der Waals surface area contributed by atoms with E-state index in [1.165, 1.54) is 30.3 Å². The van der Waals surface area contributed by atoms with Crippen molar-refractivity contribution in [3.63, 3.8) is 0 Å². The van der Waals surface area contributed by atoms with Gasteiger partial charge in [0.25, 0.3) is 0 Å². The summed E-state index contributed by atoms with van der Waals surface area (Å²) in [6, 6.07) is 8.66. The molecule has 0 unspecified atom stereocenters. The first-order valence-corrected chi connectivity index (χ1v) is 7.03. The Balaban J connectivity index is 2.13. The maximum absolute atomic E-state index is 13.7. The summed E-state index contributed by atoms with van der Waals surface area (Å²) >= 11 is 8.92. The molecule has 0 aliphatic rings. The summed E-state index contributed by atoms with van der Waals surface area (Å²) in [6.07, 6.45) is -0.0420. The summed E-state index contributed by atoms with van der Waals surface area (Å²) in [7, 11) is 0. The van der Waals surface area contributed by atoms with Crippen LogP contribution in [0.2, 0.25) is 5.02 Å². The van der Waals surface area contributed by atoms with E-state index in [0.29, 0.717) is 10.0 Å². The van der Waals surface area contributed by atoms with Crippen LogP contribution in [0.4, 0.5) is 8.78 Å². The second-order valence-corrected chi connectivity index (χ2v) is 5.60. The Morgan fingerprint density at radius 1 is 1.10 bits per heavy atom. The minimum absolute atomic E-state index is 0.0118. The number of carbonyl (C=O) groups excluding carboxylic acids is 1. The molecular weight excluding hydrogens is 350 g/mol. The molecule has 0 N–H and O–H groups in total. The van der Waals surface area contributed by atoms with Gasteiger partial charge in [-0.1, -0.05) is 39.7 Å². The van der Waals surface area contributed by atoms with Crippen molar-refractivity contribution in [2.24, 2.45) is 0 Å². The molecule has 0 spiro atoms. The molecule has 104 valence electrons. The molecule has 0 radical (unpaired) electrons. The van der Waals surface area contributed by atoms with Crippen LogP contribution in [0.15, 0.2) is 40.9 Å². The molecule has 20 heavy (non-hydrogen) atoms. The van der Waals surface area contributed by atoms with Gasteiger partial charge in [0.05, 0.1) is 5.02 Å². The van der Waals surface area contributed by atoms with E-state index in [9.17, 15) is 13.6 Å². The Kier molecular flexibility index (Phi) is 4.89. The SMILES string of the molecule is O=C(Cc1cc(F)ccc1Br)Cc1cccc(Cl)c1F. The molecule has 0 aliphatic carbocycles. The van der Waals surface area contributed by atoms with E-state index in [1.807, 2.05) is 0 Å². The number of Topliss-reactive ketones (excluding diaryl/α,β-unsaturated/α-hetero) is 1. The van der Waals surface area contributed by atoms with Crippen LogP contribution >= 0.6 is 27.5 Å². The summed E-state index contributed by atoms with van der Waals surface area (Å²) in [5, 5.41) is -0.0118. The van der Waals surface area contributed by atoms with Gasteiger partial charge in [0, 0.05) is 17.3 Å². The Hall–Kier alpha value is -1.26. The van der Waals surface area contributed by atoms with E-state index in [0.717, 1.165) is 0 Å². The fourth-order valence-corrected chi connectivity index (χ4v) is 2.43. The molecule has 0 heterocycles. The minimum atomic E-state index is -0.583. The molecule has 0 aliphatic heterocycles. The van der Waals surface area contributed by atoms with Crippen molar-refractivity contribution in [3.05, 3.63) is 68.7 Å². The summed E-state index contributed by atoms with van der Waals surface area (Å²) in [6.45, 7) is 0. The van der Waals surface area contributed by atoms with Crippen LogP contribution in [0.25, 0.3) is 0 Å². The molecule has 2 aromatic carbocycles. The van der Waals surface area contributed by atoms with Crippen molar-refractivity contribution in [1.29, 1.82) is 0 Å². The summed E-state index contributed by atoms with van der Waals surface area (Å²) in [5.74, 6) is -1.21. The van der Waals surface area contributed by atoms with Gasteiger partial charge in [-0.25, -0.2) is 8.78 Å². The van der Waals surface area contributed by atoms with E-state index in [4.69, 9.17) is 11.6 Å². The smallest absolute Gasteiger partial charge is 0.145 e. The lowest BCUT2D eigenvalue weighted by Gasteiger charge is -2.06. The summed E-state index contributed by atoms with van der Waals surface area (Å²) in [4.78, 5) is 12.0. The second kappa shape index (κ2) is 6.46. The summed E-state index contributed by atoms with van der Waals surface area (Å²) in [5.41, 5.74) is 0.785. The monoisotopic (exact) mass is 358 g/mol. The summed E-state index contributed by atoms with van der Waals surface area (Å²) < 4.78 is 27.5. The molecule has 2 aromatic rings. The molecule has 0 fully saturated rings. The van der Waals surface area contributed by atoms with Crippen LogP contribution in [0, 0.1) is 11.6 Å². The van der Waals surface area contributed by atoms with E-state index >= 15 is 0 Å². The number of carbonyl (C=O) groups is 1. The molecule has 0 saturated carbocycles. The van der Waals surface area contributed by atoms with Crippen molar-refractivity contribution in [3.8, 4) is 0 Å². The molecular formula is C15H10BrClF2O. The maximum atomic E-state index is 13.7. The number of hydrogen-bond acceptors (Lipinski definition) is 1. The van der Waals surface area contributed by atoms with Gasteiger partial charge < -0.3 is 0 Å². The Morgan fingerprint density at radius 2 is 1.80 bits per heavy atom. The molecule has 0 saturated heterocycles. The Bertz CT molecular complexity index is 652. The average Bonchev–Trinajstić information content (AvgIpc) is 2.39.